The highest BCUT2D eigenvalue weighted by molar-refractivity contribution is 5.83. The van der Waals surface area contributed by atoms with Gasteiger partial charge in [-0.15, -0.1) is 0 Å². The van der Waals surface area contributed by atoms with Gasteiger partial charge in [-0.2, -0.15) is 15.0 Å². The molecule has 8 heteroatoms. The molecule has 1 atom stereocenters. The molecule has 0 spiro atoms. The van der Waals surface area contributed by atoms with Crippen molar-refractivity contribution in [2.45, 2.75) is 25.8 Å². The van der Waals surface area contributed by atoms with Crippen molar-refractivity contribution in [2.24, 2.45) is 5.73 Å². The molecule has 1 aromatic heterocycles. The number of carbonyl (C=O) groups is 1. The Morgan fingerprint density at radius 3 is 2.95 bits per heavy atom. The van der Waals surface area contributed by atoms with Crippen LogP contribution in [0.2, 0.25) is 0 Å². The van der Waals surface area contributed by atoms with E-state index in [0.29, 0.717) is 25.0 Å². The Morgan fingerprint density at radius 1 is 1.53 bits per heavy atom. The highest BCUT2D eigenvalue weighted by Gasteiger charge is 2.31. The summed E-state index contributed by atoms with van der Waals surface area (Å²) in [4.78, 5) is 25.8. The summed E-state index contributed by atoms with van der Waals surface area (Å²) in [6.07, 6.45) is 1.61. The molecule has 1 aromatic rings. The van der Waals surface area contributed by atoms with Crippen LogP contribution in [0.4, 0.5) is 11.9 Å². The largest absolute Gasteiger partial charge is 0.464 e. The number of anilines is 2. The Kier molecular flexibility index (Phi) is 3.98. The fourth-order valence-electron chi connectivity index (χ4n) is 2.08. The molecule has 0 radical (unpaired) electrons. The quantitative estimate of drug-likeness (QED) is 0.757. The van der Waals surface area contributed by atoms with Gasteiger partial charge in [0.2, 0.25) is 17.8 Å². The predicted molar refractivity (Wildman–Crippen MR) is 70.1 cm³/mol. The number of hydrogen-bond acceptors (Lipinski definition) is 7. The van der Waals surface area contributed by atoms with Crippen molar-refractivity contribution in [2.75, 3.05) is 30.4 Å². The minimum atomic E-state index is -0.360. The lowest BCUT2D eigenvalue weighted by Crippen LogP contribution is -2.41. The van der Waals surface area contributed by atoms with Gasteiger partial charge in [-0.3, -0.25) is 4.79 Å². The third-order valence-electron chi connectivity index (χ3n) is 2.94. The van der Waals surface area contributed by atoms with Crippen LogP contribution in [0.5, 0.6) is 6.01 Å². The molecule has 0 bridgehead atoms. The van der Waals surface area contributed by atoms with Crippen LogP contribution in [-0.2, 0) is 4.79 Å². The van der Waals surface area contributed by atoms with Crippen LogP contribution in [0.25, 0.3) is 0 Å². The topological polar surface area (TPSA) is 106 Å². The van der Waals surface area contributed by atoms with Gasteiger partial charge in [0.15, 0.2) is 0 Å². The first kappa shape index (κ1) is 13.3. The van der Waals surface area contributed by atoms with Gasteiger partial charge in [-0.05, 0) is 19.8 Å². The molecule has 1 amide bonds. The fourth-order valence-corrected chi connectivity index (χ4v) is 2.08. The van der Waals surface area contributed by atoms with Crippen molar-refractivity contribution in [1.82, 2.24) is 15.0 Å². The minimum Gasteiger partial charge on any atom is -0.464 e. The smallest absolute Gasteiger partial charge is 0.323 e. The molecule has 0 aliphatic carbocycles. The zero-order valence-electron chi connectivity index (χ0n) is 11.1. The lowest BCUT2D eigenvalue weighted by Gasteiger charge is -2.22. The van der Waals surface area contributed by atoms with E-state index in [1.54, 1.807) is 11.9 Å². The molecular weight excluding hydrogens is 248 g/mol. The molecule has 1 saturated heterocycles. The van der Waals surface area contributed by atoms with E-state index in [2.05, 4.69) is 20.3 Å². The maximum Gasteiger partial charge on any atom is 0.323 e. The summed E-state index contributed by atoms with van der Waals surface area (Å²) in [5.41, 5.74) is 5.39. The molecule has 0 aromatic carbocycles. The average Bonchev–Trinajstić information content (AvgIpc) is 2.88. The number of rotatable bonds is 5. The van der Waals surface area contributed by atoms with Crippen molar-refractivity contribution in [3.05, 3.63) is 0 Å². The number of carbonyl (C=O) groups excluding carboxylic acids is 1. The van der Waals surface area contributed by atoms with E-state index >= 15 is 0 Å². The highest BCUT2D eigenvalue weighted by atomic mass is 16.5. The zero-order valence-corrected chi connectivity index (χ0v) is 11.1. The summed E-state index contributed by atoms with van der Waals surface area (Å²) in [5, 5.41) is 2.85. The molecule has 8 nitrogen and oxygen atoms in total. The molecule has 1 aliphatic rings. The number of amides is 1. The summed E-state index contributed by atoms with van der Waals surface area (Å²) in [5.74, 6) is 0.467. The molecule has 1 aliphatic heterocycles. The van der Waals surface area contributed by atoms with Crippen molar-refractivity contribution < 1.29 is 9.53 Å². The van der Waals surface area contributed by atoms with Crippen LogP contribution in [0.3, 0.4) is 0 Å². The first-order valence-corrected chi connectivity index (χ1v) is 6.28. The summed E-state index contributed by atoms with van der Waals surface area (Å²) < 4.78 is 5.30. The van der Waals surface area contributed by atoms with Gasteiger partial charge >= 0.3 is 6.01 Å². The Balaban J connectivity index is 2.32. The van der Waals surface area contributed by atoms with Gasteiger partial charge in [0.25, 0.3) is 0 Å². The van der Waals surface area contributed by atoms with Crippen molar-refractivity contribution >= 4 is 17.8 Å². The third kappa shape index (κ3) is 2.83. The Hall–Kier alpha value is -2.12. The van der Waals surface area contributed by atoms with Crippen molar-refractivity contribution in [3.8, 4) is 6.01 Å². The molecule has 104 valence electrons. The molecule has 2 rings (SSSR count). The van der Waals surface area contributed by atoms with E-state index in [4.69, 9.17) is 10.5 Å². The van der Waals surface area contributed by atoms with E-state index in [-0.39, 0.29) is 18.0 Å². The van der Waals surface area contributed by atoms with Crippen LogP contribution < -0.4 is 20.7 Å². The van der Waals surface area contributed by atoms with Crippen LogP contribution in [0, 0.1) is 0 Å². The SMILES string of the molecule is CCOc1nc(NC)nc(N2CCCC2C(N)=O)n1. The average molecular weight is 266 g/mol. The van der Waals surface area contributed by atoms with Crippen LogP contribution in [-0.4, -0.2) is 47.1 Å². The van der Waals surface area contributed by atoms with Gasteiger partial charge in [-0.25, -0.2) is 0 Å². The minimum absolute atomic E-state index is 0.243. The number of nitrogens with one attached hydrogen (secondary N) is 1. The second-order valence-corrected chi connectivity index (χ2v) is 4.18. The van der Waals surface area contributed by atoms with Gasteiger partial charge in [-0.1, -0.05) is 0 Å². The Bertz CT molecular complexity index is 466. The van der Waals surface area contributed by atoms with E-state index in [9.17, 15) is 4.79 Å². The molecule has 3 N–H and O–H groups in total. The maximum atomic E-state index is 11.4. The first-order chi connectivity index (χ1) is 9.15. The number of aromatic nitrogens is 3. The molecule has 0 saturated carbocycles. The van der Waals surface area contributed by atoms with Gasteiger partial charge in [0, 0.05) is 13.6 Å². The van der Waals surface area contributed by atoms with Gasteiger partial charge in [0.05, 0.1) is 6.61 Å². The Labute approximate surface area is 111 Å². The van der Waals surface area contributed by atoms with Crippen LogP contribution >= 0.6 is 0 Å². The van der Waals surface area contributed by atoms with E-state index in [1.165, 1.54) is 0 Å². The zero-order chi connectivity index (χ0) is 13.8. The molecule has 1 unspecified atom stereocenters. The second-order valence-electron chi connectivity index (χ2n) is 4.18. The molecule has 1 fully saturated rings. The number of ether oxygens (including phenoxy) is 1. The summed E-state index contributed by atoms with van der Waals surface area (Å²) >= 11 is 0. The number of primary amides is 1. The summed E-state index contributed by atoms with van der Waals surface area (Å²) in [6.45, 7) is 3.02. The lowest BCUT2D eigenvalue weighted by atomic mass is 10.2. The van der Waals surface area contributed by atoms with Crippen LogP contribution in [0.1, 0.15) is 19.8 Å². The highest BCUT2D eigenvalue weighted by Crippen LogP contribution is 2.24. The van der Waals surface area contributed by atoms with E-state index in [1.807, 2.05) is 6.92 Å². The first-order valence-electron chi connectivity index (χ1n) is 6.28. The number of nitrogens with zero attached hydrogens (tertiary/aromatic N) is 4. The third-order valence-corrected chi connectivity index (χ3v) is 2.94. The predicted octanol–water partition coefficient (Wildman–Crippen LogP) is -0.234. The van der Waals surface area contributed by atoms with Gasteiger partial charge in [0.1, 0.15) is 6.04 Å². The maximum absolute atomic E-state index is 11.4. The van der Waals surface area contributed by atoms with Crippen LogP contribution in [0.15, 0.2) is 0 Å². The normalized spacial score (nSPS) is 18.4. The summed E-state index contributed by atoms with van der Waals surface area (Å²) in [6, 6.07) is -0.117. The van der Waals surface area contributed by atoms with E-state index in [0.717, 1.165) is 12.8 Å². The summed E-state index contributed by atoms with van der Waals surface area (Å²) in [7, 11) is 1.71. The van der Waals surface area contributed by atoms with Gasteiger partial charge < -0.3 is 20.7 Å². The number of hydrogen-bond donors (Lipinski definition) is 2. The molecule has 2 heterocycles. The fraction of sp³-hybridized carbons (Fsp3) is 0.636. The lowest BCUT2D eigenvalue weighted by molar-refractivity contribution is -0.119. The standard InChI is InChI=1S/C11H18N6O2/c1-3-19-11-15-9(13-2)14-10(16-11)17-6-4-5-7(17)8(12)18/h7H,3-6H2,1-2H3,(H2,12,18)(H,13,14,15,16). The Morgan fingerprint density at radius 2 is 2.32 bits per heavy atom. The van der Waals surface area contributed by atoms with E-state index < -0.39 is 0 Å². The van der Waals surface area contributed by atoms with Crippen molar-refractivity contribution in [3.63, 3.8) is 0 Å². The number of nitrogens with two attached hydrogens (primary N) is 1. The molecular formula is C11H18N6O2. The van der Waals surface area contributed by atoms with Crippen molar-refractivity contribution in [1.29, 1.82) is 0 Å². The second kappa shape index (κ2) is 5.68. The monoisotopic (exact) mass is 266 g/mol. The molecule has 19 heavy (non-hydrogen) atoms.